The van der Waals surface area contributed by atoms with Crippen LogP contribution in [0.15, 0.2) is 18.2 Å². The number of hydrogen-bond acceptors (Lipinski definition) is 4. The third-order valence-electron chi connectivity index (χ3n) is 2.65. The van der Waals surface area contributed by atoms with E-state index >= 15 is 0 Å². The number of nitrogens with zero attached hydrogens (tertiary/aromatic N) is 2. The highest BCUT2D eigenvalue weighted by Crippen LogP contribution is 2.24. The van der Waals surface area contributed by atoms with Gasteiger partial charge in [0.2, 0.25) is 0 Å². The van der Waals surface area contributed by atoms with Gasteiger partial charge in [-0.3, -0.25) is 14.9 Å². The van der Waals surface area contributed by atoms with Crippen molar-refractivity contribution in [2.24, 2.45) is 0 Å². The number of para-hydroxylation sites is 1. The van der Waals surface area contributed by atoms with Crippen LogP contribution < -0.4 is 0 Å². The van der Waals surface area contributed by atoms with E-state index < -0.39 is 10.8 Å². The van der Waals surface area contributed by atoms with Crippen molar-refractivity contribution in [3.05, 3.63) is 39.4 Å². The number of aliphatic hydroxyl groups excluding tert-OH is 1. The molecule has 1 aromatic rings. The van der Waals surface area contributed by atoms with Gasteiger partial charge in [0.1, 0.15) is 5.56 Å². The Bertz CT molecular complexity index is 459. The molecule has 0 aliphatic carbocycles. The van der Waals surface area contributed by atoms with Crippen LogP contribution in [0.3, 0.4) is 0 Å². The summed E-state index contributed by atoms with van der Waals surface area (Å²) in [5.41, 5.74) is 0.389. The number of amides is 1. The second-order valence-electron chi connectivity index (χ2n) is 4.03. The predicted octanol–water partition coefficient (Wildman–Crippen LogP) is 1.36. The van der Waals surface area contributed by atoms with Crippen molar-refractivity contribution < 1.29 is 14.8 Å². The lowest BCUT2D eigenvalue weighted by Crippen LogP contribution is -2.29. The number of hydrogen-bond donors (Lipinski definition) is 1. The first-order valence-electron chi connectivity index (χ1n) is 5.59. The number of aryl methyl sites for hydroxylation is 1. The van der Waals surface area contributed by atoms with E-state index in [1.54, 1.807) is 26.1 Å². The van der Waals surface area contributed by atoms with Crippen molar-refractivity contribution in [2.75, 3.05) is 20.2 Å². The number of nitro benzene ring substituents is 1. The molecule has 0 radical (unpaired) electrons. The van der Waals surface area contributed by atoms with Crippen molar-refractivity contribution >= 4 is 11.6 Å². The second-order valence-corrected chi connectivity index (χ2v) is 4.03. The minimum Gasteiger partial charge on any atom is -0.396 e. The molecule has 0 fully saturated rings. The number of benzene rings is 1. The van der Waals surface area contributed by atoms with Gasteiger partial charge in [0.05, 0.1) is 4.92 Å². The largest absolute Gasteiger partial charge is 0.396 e. The average Bonchev–Trinajstić information content (AvgIpc) is 2.34. The Hall–Kier alpha value is -1.95. The van der Waals surface area contributed by atoms with E-state index in [2.05, 4.69) is 0 Å². The fraction of sp³-hybridized carbons (Fsp3) is 0.417. The van der Waals surface area contributed by atoms with Crippen LogP contribution >= 0.6 is 0 Å². The molecular formula is C12H16N2O4. The average molecular weight is 252 g/mol. The molecule has 0 atom stereocenters. The molecule has 1 rings (SSSR count). The molecule has 6 heteroatoms. The Labute approximate surface area is 105 Å². The van der Waals surface area contributed by atoms with Gasteiger partial charge in [0.25, 0.3) is 11.6 Å². The molecule has 0 spiro atoms. The van der Waals surface area contributed by atoms with Gasteiger partial charge >= 0.3 is 0 Å². The molecule has 0 heterocycles. The van der Waals surface area contributed by atoms with E-state index in [9.17, 15) is 14.9 Å². The van der Waals surface area contributed by atoms with Gasteiger partial charge in [-0.25, -0.2) is 0 Å². The maximum atomic E-state index is 12.1. The molecule has 1 aromatic carbocycles. The van der Waals surface area contributed by atoms with Gasteiger partial charge < -0.3 is 10.0 Å². The lowest BCUT2D eigenvalue weighted by molar-refractivity contribution is -0.385. The van der Waals surface area contributed by atoms with Crippen molar-refractivity contribution in [1.82, 2.24) is 4.90 Å². The number of rotatable bonds is 5. The minimum atomic E-state index is -0.539. The normalized spacial score (nSPS) is 10.2. The standard InChI is InChI=1S/C12H16N2O4/c1-9-5-3-6-10(11(9)14(17)18)12(16)13(2)7-4-8-15/h3,5-6,15H,4,7-8H2,1-2H3. The Balaban J connectivity index is 3.05. The first-order valence-corrected chi connectivity index (χ1v) is 5.59. The summed E-state index contributed by atoms with van der Waals surface area (Å²) in [7, 11) is 1.56. The van der Waals surface area contributed by atoms with Crippen LogP contribution in [0.1, 0.15) is 22.3 Å². The minimum absolute atomic E-state index is 0.0203. The zero-order chi connectivity index (χ0) is 13.7. The van der Waals surface area contributed by atoms with Crippen LogP contribution in [0.5, 0.6) is 0 Å². The lowest BCUT2D eigenvalue weighted by atomic mass is 10.1. The topological polar surface area (TPSA) is 83.7 Å². The molecule has 0 aliphatic heterocycles. The Morgan fingerprint density at radius 2 is 2.17 bits per heavy atom. The molecule has 98 valence electrons. The molecule has 0 saturated carbocycles. The van der Waals surface area contributed by atoms with Crippen molar-refractivity contribution in [3.8, 4) is 0 Å². The van der Waals surface area contributed by atoms with Crippen molar-refractivity contribution in [2.45, 2.75) is 13.3 Å². The monoisotopic (exact) mass is 252 g/mol. The highest BCUT2D eigenvalue weighted by Gasteiger charge is 2.24. The quantitative estimate of drug-likeness (QED) is 0.633. The summed E-state index contributed by atoms with van der Waals surface area (Å²) < 4.78 is 0. The van der Waals surface area contributed by atoms with Gasteiger partial charge in [0.15, 0.2) is 0 Å². The van der Waals surface area contributed by atoms with Crippen molar-refractivity contribution in [1.29, 1.82) is 0 Å². The third kappa shape index (κ3) is 3.04. The van der Waals surface area contributed by atoms with Crippen molar-refractivity contribution in [3.63, 3.8) is 0 Å². The molecule has 1 amide bonds. The zero-order valence-corrected chi connectivity index (χ0v) is 10.4. The molecule has 0 saturated heterocycles. The maximum Gasteiger partial charge on any atom is 0.285 e. The molecule has 6 nitrogen and oxygen atoms in total. The van der Waals surface area contributed by atoms with E-state index in [0.717, 1.165) is 0 Å². The summed E-state index contributed by atoms with van der Waals surface area (Å²) in [4.78, 5) is 23.9. The van der Waals surface area contributed by atoms with Crippen LogP contribution in [-0.2, 0) is 0 Å². The molecule has 0 bridgehead atoms. The van der Waals surface area contributed by atoms with Crippen LogP contribution in [0.4, 0.5) is 5.69 Å². The fourth-order valence-electron chi connectivity index (χ4n) is 1.69. The highest BCUT2D eigenvalue weighted by molar-refractivity contribution is 5.98. The first-order chi connectivity index (χ1) is 8.49. The molecule has 0 unspecified atom stereocenters. The Morgan fingerprint density at radius 1 is 1.50 bits per heavy atom. The summed E-state index contributed by atoms with van der Waals surface area (Å²) in [6.07, 6.45) is 0.446. The van der Waals surface area contributed by atoms with Gasteiger partial charge in [0, 0.05) is 25.8 Å². The summed E-state index contributed by atoms with van der Waals surface area (Å²) in [5.74, 6) is -0.404. The van der Waals surface area contributed by atoms with E-state index in [1.807, 2.05) is 0 Å². The Morgan fingerprint density at radius 3 is 2.72 bits per heavy atom. The number of nitro groups is 1. The molecule has 0 aromatic heterocycles. The van der Waals surface area contributed by atoms with Crippen LogP contribution in [0.2, 0.25) is 0 Å². The summed E-state index contributed by atoms with van der Waals surface area (Å²) in [6.45, 7) is 1.94. The number of carbonyl (C=O) groups excluding carboxylic acids is 1. The number of aliphatic hydroxyl groups is 1. The van der Waals surface area contributed by atoms with E-state index in [1.165, 1.54) is 11.0 Å². The third-order valence-corrected chi connectivity index (χ3v) is 2.65. The Kier molecular flexibility index (Phi) is 4.79. The summed E-state index contributed by atoms with van der Waals surface area (Å²) in [6, 6.07) is 4.67. The smallest absolute Gasteiger partial charge is 0.285 e. The van der Waals surface area contributed by atoms with E-state index in [-0.39, 0.29) is 17.9 Å². The van der Waals surface area contributed by atoms with Gasteiger partial charge in [-0.05, 0) is 19.4 Å². The molecule has 1 N–H and O–H groups in total. The van der Waals surface area contributed by atoms with E-state index in [0.29, 0.717) is 18.5 Å². The first kappa shape index (κ1) is 14.1. The van der Waals surface area contributed by atoms with E-state index in [4.69, 9.17) is 5.11 Å². The van der Waals surface area contributed by atoms with Gasteiger partial charge in [-0.1, -0.05) is 12.1 Å². The van der Waals surface area contributed by atoms with Gasteiger partial charge in [-0.2, -0.15) is 0 Å². The molecule has 18 heavy (non-hydrogen) atoms. The highest BCUT2D eigenvalue weighted by atomic mass is 16.6. The zero-order valence-electron chi connectivity index (χ0n) is 10.4. The van der Waals surface area contributed by atoms with Gasteiger partial charge in [-0.15, -0.1) is 0 Å². The maximum absolute atomic E-state index is 12.1. The van der Waals surface area contributed by atoms with Crippen LogP contribution in [0, 0.1) is 17.0 Å². The fourth-order valence-corrected chi connectivity index (χ4v) is 1.69. The van der Waals surface area contributed by atoms with Crippen LogP contribution in [0.25, 0.3) is 0 Å². The molecular weight excluding hydrogens is 236 g/mol. The van der Waals surface area contributed by atoms with Crippen LogP contribution in [-0.4, -0.2) is 41.0 Å². The molecule has 0 aliphatic rings. The summed E-state index contributed by atoms with van der Waals surface area (Å²) >= 11 is 0. The number of carbonyl (C=O) groups is 1. The second kappa shape index (κ2) is 6.11. The summed E-state index contributed by atoms with van der Waals surface area (Å²) in [5, 5.41) is 19.7. The SMILES string of the molecule is Cc1cccc(C(=O)N(C)CCCO)c1[N+](=O)[O-]. The predicted molar refractivity (Wildman–Crippen MR) is 66.5 cm³/mol. The lowest BCUT2D eigenvalue weighted by Gasteiger charge is -2.16.